The van der Waals surface area contributed by atoms with E-state index < -0.39 is 0 Å². The van der Waals surface area contributed by atoms with Gasteiger partial charge in [0.15, 0.2) is 0 Å². The maximum atomic E-state index is 6.15. The van der Waals surface area contributed by atoms with Crippen LogP contribution >= 0.6 is 0 Å². The molecule has 0 radical (unpaired) electrons. The van der Waals surface area contributed by atoms with Crippen molar-refractivity contribution in [3.63, 3.8) is 0 Å². The Balaban J connectivity index is 2.01. The van der Waals surface area contributed by atoms with Crippen molar-refractivity contribution < 1.29 is 0 Å². The van der Waals surface area contributed by atoms with Gasteiger partial charge in [0.25, 0.3) is 0 Å². The minimum absolute atomic E-state index is 0.347. The topological polar surface area (TPSA) is 29.3 Å². The van der Waals surface area contributed by atoms with Crippen LogP contribution in [0.3, 0.4) is 0 Å². The summed E-state index contributed by atoms with van der Waals surface area (Å²) in [6.45, 7) is 10.5. The molecular weight excluding hydrogens is 208 g/mol. The van der Waals surface area contributed by atoms with Gasteiger partial charge < -0.3 is 5.73 Å². The molecule has 2 nitrogen and oxygen atoms in total. The molecule has 2 rings (SSSR count). The molecule has 1 aliphatic carbocycles. The average Bonchev–Trinajstić information content (AvgIpc) is 2.70. The molecule has 2 aliphatic rings. The number of hydrogen-bond acceptors (Lipinski definition) is 2. The van der Waals surface area contributed by atoms with E-state index in [0.717, 1.165) is 12.5 Å². The van der Waals surface area contributed by atoms with Gasteiger partial charge in [0.2, 0.25) is 0 Å². The number of rotatable bonds is 3. The van der Waals surface area contributed by atoms with Crippen LogP contribution in [0.25, 0.3) is 0 Å². The van der Waals surface area contributed by atoms with Gasteiger partial charge in [0.1, 0.15) is 0 Å². The Labute approximate surface area is 107 Å². The van der Waals surface area contributed by atoms with Gasteiger partial charge in [-0.05, 0) is 50.0 Å². The summed E-state index contributed by atoms with van der Waals surface area (Å²) in [6, 6.07) is 0. The Kier molecular flexibility index (Phi) is 3.84. The largest absolute Gasteiger partial charge is 0.329 e. The fourth-order valence-corrected chi connectivity index (χ4v) is 3.79. The van der Waals surface area contributed by atoms with E-state index in [4.69, 9.17) is 5.73 Å². The van der Waals surface area contributed by atoms with Crippen molar-refractivity contribution in [2.45, 2.75) is 64.8 Å². The molecule has 2 fully saturated rings. The van der Waals surface area contributed by atoms with Crippen molar-refractivity contribution in [2.75, 3.05) is 19.6 Å². The van der Waals surface area contributed by atoms with Crippen LogP contribution in [0, 0.1) is 11.3 Å². The second-order valence-corrected chi connectivity index (χ2v) is 7.12. The SMILES string of the molecule is CCC1CCC(CN)(N2CCC(C)(C)C2)CC1. The molecule has 1 aliphatic heterocycles. The summed E-state index contributed by atoms with van der Waals surface area (Å²) in [7, 11) is 0. The highest BCUT2D eigenvalue weighted by Crippen LogP contribution is 2.42. The van der Waals surface area contributed by atoms with Crippen molar-refractivity contribution in [3.8, 4) is 0 Å². The number of nitrogens with zero attached hydrogens (tertiary/aromatic N) is 1. The van der Waals surface area contributed by atoms with Crippen LogP contribution < -0.4 is 5.73 Å². The molecule has 0 aromatic carbocycles. The summed E-state index contributed by atoms with van der Waals surface area (Å²) in [5.41, 5.74) is 7.00. The predicted molar refractivity (Wildman–Crippen MR) is 74.0 cm³/mol. The minimum Gasteiger partial charge on any atom is -0.329 e. The summed E-state index contributed by atoms with van der Waals surface area (Å²) in [5.74, 6) is 0.963. The Morgan fingerprint density at radius 1 is 1.18 bits per heavy atom. The highest BCUT2D eigenvalue weighted by atomic mass is 15.2. The Morgan fingerprint density at radius 3 is 2.24 bits per heavy atom. The molecule has 1 saturated heterocycles. The molecule has 0 atom stereocenters. The Bertz CT molecular complexity index is 252. The molecule has 0 aromatic rings. The van der Waals surface area contributed by atoms with Crippen molar-refractivity contribution >= 4 is 0 Å². The zero-order valence-corrected chi connectivity index (χ0v) is 12.0. The van der Waals surface area contributed by atoms with E-state index in [2.05, 4.69) is 25.7 Å². The monoisotopic (exact) mass is 238 g/mol. The minimum atomic E-state index is 0.347. The molecule has 0 bridgehead atoms. The van der Waals surface area contributed by atoms with Crippen LogP contribution in [-0.2, 0) is 0 Å². The van der Waals surface area contributed by atoms with Crippen LogP contribution in [-0.4, -0.2) is 30.1 Å². The van der Waals surface area contributed by atoms with E-state index in [1.165, 1.54) is 51.6 Å². The summed E-state index contributed by atoms with van der Waals surface area (Å²) < 4.78 is 0. The summed E-state index contributed by atoms with van der Waals surface area (Å²) in [5, 5.41) is 0. The van der Waals surface area contributed by atoms with Crippen molar-refractivity contribution in [1.29, 1.82) is 0 Å². The molecule has 0 unspecified atom stereocenters. The van der Waals surface area contributed by atoms with Crippen LogP contribution in [0.4, 0.5) is 0 Å². The predicted octanol–water partition coefficient (Wildman–Crippen LogP) is 3.02. The molecule has 2 N–H and O–H groups in total. The van der Waals surface area contributed by atoms with E-state index in [9.17, 15) is 0 Å². The lowest BCUT2D eigenvalue weighted by atomic mass is 9.74. The molecule has 0 spiro atoms. The fourth-order valence-electron chi connectivity index (χ4n) is 3.79. The van der Waals surface area contributed by atoms with E-state index >= 15 is 0 Å². The van der Waals surface area contributed by atoms with Gasteiger partial charge >= 0.3 is 0 Å². The third kappa shape index (κ3) is 2.68. The van der Waals surface area contributed by atoms with Crippen LogP contribution in [0.2, 0.25) is 0 Å². The maximum Gasteiger partial charge on any atom is 0.0332 e. The van der Waals surface area contributed by atoms with Crippen LogP contribution in [0.1, 0.15) is 59.3 Å². The second-order valence-electron chi connectivity index (χ2n) is 7.12. The molecule has 0 amide bonds. The maximum absolute atomic E-state index is 6.15. The van der Waals surface area contributed by atoms with Gasteiger partial charge in [-0.1, -0.05) is 27.2 Å². The van der Waals surface area contributed by atoms with E-state index in [0.29, 0.717) is 11.0 Å². The smallest absolute Gasteiger partial charge is 0.0332 e. The average molecular weight is 238 g/mol. The van der Waals surface area contributed by atoms with Gasteiger partial charge in [-0.2, -0.15) is 0 Å². The van der Waals surface area contributed by atoms with Gasteiger partial charge in [-0.3, -0.25) is 4.90 Å². The number of hydrogen-bond donors (Lipinski definition) is 1. The van der Waals surface area contributed by atoms with Gasteiger partial charge in [-0.15, -0.1) is 0 Å². The zero-order valence-electron chi connectivity index (χ0n) is 12.0. The molecule has 0 aromatic heterocycles. The van der Waals surface area contributed by atoms with Crippen LogP contribution in [0.5, 0.6) is 0 Å². The first kappa shape index (κ1) is 13.4. The third-order valence-electron chi connectivity index (χ3n) is 5.34. The molecule has 17 heavy (non-hydrogen) atoms. The molecule has 100 valence electrons. The van der Waals surface area contributed by atoms with Gasteiger partial charge in [0, 0.05) is 18.6 Å². The van der Waals surface area contributed by atoms with Crippen molar-refractivity contribution in [1.82, 2.24) is 4.90 Å². The lowest BCUT2D eigenvalue weighted by Crippen LogP contribution is -2.55. The van der Waals surface area contributed by atoms with Gasteiger partial charge in [0.05, 0.1) is 0 Å². The summed E-state index contributed by atoms with van der Waals surface area (Å²) in [4.78, 5) is 2.72. The standard InChI is InChI=1S/C15H30N2/c1-4-13-5-7-15(11-16,8-6-13)17-10-9-14(2,3)12-17/h13H,4-12,16H2,1-3H3. The highest BCUT2D eigenvalue weighted by Gasteiger charge is 2.43. The highest BCUT2D eigenvalue weighted by molar-refractivity contribution is 5.00. The van der Waals surface area contributed by atoms with Crippen molar-refractivity contribution in [3.05, 3.63) is 0 Å². The summed E-state index contributed by atoms with van der Waals surface area (Å²) in [6.07, 6.45) is 8.14. The zero-order chi connectivity index (χ0) is 12.5. The van der Waals surface area contributed by atoms with Crippen LogP contribution in [0.15, 0.2) is 0 Å². The Morgan fingerprint density at radius 2 is 1.82 bits per heavy atom. The summed E-state index contributed by atoms with van der Waals surface area (Å²) >= 11 is 0. The van der Waals surface area contributed by atoms with E-state index in [1.54, 1.807) is 0 Å². The lowest BCUT2D eigenvalue weighted by molar-refractivity contribution is 0.0543. The fraction of sp³-hybridized carbons (Fsp3) is 1.00. The Hall–Kier alpha value is -0.0800. The lowest BCUT2D eigenvalue weighted by Gasteiger charge is -2.46. The molecular formula is C15H30N2. The molecule has 1 saturated carbocycles. The quantitative estimate of drug-likeness (QED) is 0.819. The first-order chi connectivity index (χ1) is 8.01. The normalized spacial score (nSPS) is 38.5. The number of nitrogens with two attached hydrogens (primary N) is 1. The third-order valence-corrected chi connectivity index (χ3v) is 5.34. The number of likely N-dealkylation sites (tertiary alicyclic amines) is 1. The van der Waals surface area contributed by atoms with Crippen molar-refractivity contribution in [2.24, 2.45) is 17.1 Å². The second kappa shape index (κ2) is 4.89. The van der Waals surface area contributed by atoms with Gasteiger partial charge in [-0.25, -0.2) is 0 Å². The first-order valence-corrected chi connectivity index (χ1v) is 7.46. The molecule has 1 heterocycles. The van der Waals surface area contributed by atoms with E-state index in [-0.39, 0.29) is 0 Å². The first-order valence-electron chi connectivity index (χ1n) is 7.46. The van der Waals surface area contributed by atoms with E-state index in [1.807, 2.05) is 0 Å². The molecule has 2 heteroatoms.